The number of carbonyl (C=O) groups is 1. The van der Waals surface area contributed by atoms with Crippen LogP contribution in [0.3, 0.4) is 0 Å². The number of likely N-dealkylation sites (N-methyl/N-ethyl adjacent to an activating group) is 1. The lowest BCUT2D eigenvalue weighted by molar-refractivity contribution is 0.0365. The molecule has 112 valence electrons. The molecule has 0 aliphatic heterocycles. The van der Waals surface area contributed by atoms with Crippen LogP contribution in [0.2, 0.25) is 5.02 Å². The summed E-state index contributed by atoms with van der Waals surface area (Å²) in [5, 5.41) is 18.1. The smallest absolute Gasteiger partial charge is 0.275 e. The Morgan fingerprint density at radius 3 is 2.71 bits per heavy atom. The Balaban J connectivity index is 2.20. The van der Waals surface area contributed by atoms with Gasteiger partial charge in [0.15, 0.2) is 5.69 Å². The molecule has 0 unspecified atom stereocenters. The summed E-state index contributed by atoms with van der Waals surface area (Å²) in [5.74, 6) is -0.310. The molecule has 2 rings (SSSR count). The Kier molecular flexibility index (Phi) is 4.29. The average molecular weight is 309 g/mol. The third kappa shape index (κ3) is 3.80. The number of hydrogen-bond donors (Lipinski definition) is 1. The highest BCUT2D eigenvalue weighted by molar-refractivity contribution is 6.32. The second-order valence-electron chi connectivity index (χ2n) is 5.47. The van der Waals surface area contributed by atoms with Crippen LogP contribution in [-0.4, -0.2) is 50.1 Å². The predicted molar refractivity (Wildman–Crippen MR) is 79.6 cm³/mol. The van der Waals surface area contributed by atoms with Gasteiger partial charge in [-0.1, -0.05) is 28.9 Å². The van der Waals surface area contributed by atoms with E-state index in [2.05, 4.69) is 10.3 Å². The van der Waals surface area contributed by atoms with Gasteiger partial charge in [0.1, 0.15) is 0 Å². The van der Waals surface area contributed by atoms with Gasteiger partial charge in [0, 0.05) is 13.6 Å². The molecule has 1 aromatic carbocycles. The molecule has 1 N–H and O–H groups in total. The van der Waals surface area contributed by atoms with Crippen molar-refractivity contribution in [3.63, 3.8) is 0 Å². The zero-order chi connectivity index (χ0) is 15.6. The number of benzene rings is 1. The van der Waals surface area contributed by atoms with Crippen LogP contribution in [0, 0.1) is 0 Å². The SMILES string of the molecule is CN(CC(C)(C)O)C(=O)c1cn(-c2ccccc2Cl)nn1. The van der Waals surface area contributed by atoms with Crippen molar-refractivity contribution in [2.45, 2.75) is 19.4 Å². The van der Waals surface area contributed by atoms with Gasteiger partial charge in [-0.15, -0.1) is 5.10 Å². The van der Waals surface area contributed by atoms with Crippen molar-refractivity contribution in [1.29, 1.82) is 0 Å². The fourth-order valence-corrected chi connectivity index (χ4v) is 2.19. The Bertz CT molecular complexity index is 648. The number of aromatic nitrogens is 3. The molecule has 7 heteroatoms. The summed E-state index contributed by atoms with van der Waals surface area (Å²) in [7, 11) is 1.61. The largest absolute Gasteiger partial charge is 0.389 e. The summed E-state index contributed by atoms with van der Waals surface area (Å²) in [5.41, 5.74) is -0.124. The normalized spacial score (nSPS) is 11.5. The Hall–Kier alpha value is -1.92. The van der Waals surface area contributed by atoms with Crippen LogP contribution in [0.1, 0.15) is 24.3 Å². The van der Waals surface area contributed by atoms with Gasteiger partial charge in [-0.2, -0.15) is 0 Å². The van der Waals surface area contributed by atoms with Crippen LogP contribution in [0.5, 0.6) is 0 Å². The lowest BCUT2D eigenvalue weighted by Crippen LogP contribution is -2.39. The Labute approximate surface area is 127 Å². The molecule has 0 radical (unpaired) electrons. The molecule has 1 aromatic heterocycles. The standard InChI is InChI=1S/C14H17ClN4O2/c1-14(2,21)9-18(3)13(20)11-8-19(17-16-11)12-7-5-4-6-10(12)15/h4-8,21H,9H2,1-3H3. The fraction of sp³-hybridized carbons (Fsp3) is 0.357. The first-order valence-corrected chi connectivity index (χ1v) is 6.81. The number of carbonyl (C=O) groups excluding carboxylic acids is 1. The maximum absolute atomic E-state index is 12.2. The molecular weight excluding hydrogens is 292 g/mol. The van der Waals surface area contributed by atoms with E-state index in [9.17, 15) is 9.90 Å². The predicted octanol–water partition coefficient (Wildman–Crippen LogP) is 1.76. The molecule has 0 bridgehead atoms. The van der Waals surface area contributed by atoms with Crippen molar-refractivity contribution in [1.82, 2.24) is 19.9 Å². The molecule has 0 aliphatic rings. The highest BCUT2D eigenvalue weighted by Gasteiger charge is 2.22. The van der Waals surface area contributed by atoms with Gasteiger partial charge in [0.25, 0.3) is 5.91 Å². The molecule has 21 heavy (non-hydrogen) atoms. The molecule has 1 amide bonds. The first-order chi connectivity index (χ1) is 9.78. The van der Waals surface area contributed by atoms with Gasteiger partial charge < -0.3 is 10.0 Å². The Morgan fingerprint density at radius 1 is 1.43 bits per heavy atom. The first kappa shape index (κ1) is 15.5. The topological polar surface area (TPSA) is 71.2 Å². The maximum Gasteiger partial charge on any atom is 0.275 e. The van der Waals surface area contributed by atoms with E-state index in [1.807, 2.05) is 12.1 Å². The lowest BCUT2D eigenvalue weighted by atomic mass is 10.1. The van der Waals surface area contributed by atoms with Gasteiger partial charge in [0.05, 0.1) is 22.5 Å². The molecular formula is C14H17ClN4O2. The van der Waals surface area contributed by atoms with E-state index in [4.69, 9.17) is 11.6 Å². The van der Waals surface area contributed by atoms with E-state index < -0.39 is 5.60 Å². The highest BCUT2D eigenvalue weighted by Crippen LogP contribution is 2.19. The maximum atomic E-state index is 12.2. The summed E-state index contributed by atoms with van der Waals surface area (Å²) in [6.45, 7) is 3.47. The van der Waals surface area contributed by atoms with Crippen molar-refractivity contribution >= 4 is 17.5 Å². The molecule has 0 saturated heterocycles. The number of nitrogens with zero attached hydrogens (tertiary/aromatic N) is 4. The van der Waals surface area contributed by atoms with Crippen molar-refractivity contribution in [3.05, 3.63) is 41.2 Å². The van der Waals surface area contributed by atoms with Gasteiger partial charge in [-0.05, 0) is 26.0 Å². The summed E-state index contributed by atoms with van der Waals surface area (Å²) in [6.07, 6.45) is 1.52. The van der Waals surface area contributed by atoms with Gasteiger partial charge in [-0.3, -0.25) is 4.79 Å². The Morgan fingerprint density at radius 2 is 2.10 bits per heavy atom. The minimum absolute atomic E-state index is 0.196. The van der Waals surface area contributed by atoms with Crippen molar-refractivity contribution < 1.29 is 9.90 Å². The summed E-state index contributed by atoms with van der Waals surface area (Å²) in [4.78, 5) is 13.6. The minimum atomic E-state index is -0.969. The zero-order valence-corrected chi connectivity index (χ0v) is 12.9. The third-order valence-corrected chi connectivity index (χ3v) is 3.10. The highest BCUT2D eigenvalue weighted by atomic mass is 35.5. The molecule has 0 aliphatic carbocycles. The lowest BCUT2D eigenvalue weighted by Gasteiger charge is -2.24. The zero-order valence-electron chi connectivity index (χ0n) is 12.1. The molecule has 0 spiro atoms. The number of halogens is 1. The summed E-state index contributed by atoms with van der Waals surface area (Å²) < 4.78 is 1.45. The van der Waals surface area contributed by atoms with E-state index in [1.54, 1.807) is 33.0 Å². The minimum Gasteiger partial charge on any atom is -0.389 e. The summed E-state index contributed by atoms with van der Waals surface area (Å²) in [6, 6.07) is 7.16. The quantitative estimate of drug-likeness (QED) is 0.934. The van der Waals surface area contributed by atoms with Crippen LogP contribution < -0.4 is 0 Å². The van der Waals surface area contributed by atoms with Crippen molar-refractivity contribution in [2.24, 2.45) is 0 Å². The number of amides is 1. The van der Waals surface area contributed by atoms with Crippen LogP contribution >= 0.6 is 11.6 Å². The van der Waals surface area contributed by atoms with E-state index >= 15 is 0 Å². The number of hydrogen-bond acceptors (Lipinski definition) is 4. The molecule has 0 saturated carbocycles. The fourth-order valence-electron chi connectivity index (χ4n) is 1.96. The first-order valence-electron chi connectivity index (χ1n) is 6.43. The van der Waals surface area contributed by atoms with E-state index in [1.165, 1.54) is 15.8 Å². The second-order valence-corrected chi connectivity index (χ2v) is 5.88. The molecule has 0 fully saturated rings. The van der Waals surface area contributed by atoms with Crippen LogP contribution in [-0.2, 0) is 0 Å². The van der Waals surface area contributed by atoms with Gasteiger partial charge >= 0.3 is 0 Å². The average Bonchev–Trinajstić information content (AvgIpc) is 2.85. The van der Waals surface area contributed by atoms with Crippen LogP contribution in [0.4, 0.5) is 0 Å². The second kappa shape index (κ2) is 5.83. The monoisotopic (exact) mass is 308 g/mol. The molecule has 1 heterocycles. The summed E-state index contributed by atoms with van der Waals surface area (Å²) >= 11 is 6.08. The van der Waals surface area contributed by atoms with Crippen LogP contribution in [0.15, 0.2) is 30.5 Å². The molecule has 0 atom stereocenters. The van der Waals surface area contributed by atoms with Gasteiger partial charge in [-0.25, -0.2) is 4.68 Å². The van der Waals surface area contributed by atoms with Crippen molar-refractivity contribution in [3.8, 4) is 5.69 Å². The van der Waals surface area contributed by atoms with E-state index in [-0.39, 0.29) is 18.1 Å². The molecule has 6 nitrogen and oxygen atoms in total. The number of rotatable bonds is 4. The van der Waals surface area contributed by atoms with E-state index in [0.717, 1.165) is 0 Å². The van der Waals surface area contributed by atoms with Gasteiger partial charge in [0.2, 0.25) is 0 Å². The molecule has 2 aromatic rings. The van der Waals surface area contributed by atoms with Crippen molar-refractivity contribution in [2.75, 3.05) is 13.6 Å². The van der Waals surface area contributed by atoms with E-state index in [0.29, 0.717) is 10.7 Å². The number of aliphatic hydroxyl groups is 1. The third-order valence-electron chi connectivity index (χ3n) is 2.78. The number of para-hydroxylation sites is 1. The van der Waals surface area contributed by atoms with Crippen LogP contribution in [0.25, 0.3) is 5.69 Å².